The molecule has 146 valence electrons. The van der Waals surface area contributed by atoms with E-state index in [1.54, 1.807) is 6.07 Å². The Morgan fingerprint density at radius 3 is 2.56 bits per heavy atom. The van der Waals surface area contributed by atoms with Crippen LogP contribution in [0.25, 0.3) is 0 Å². The third kappa shape index (κ3) is 5.90. The normalized spacial score (nSPS) is 19.7. The van der Waals surface area contributed by atoms with Crippen molar-refractivity contribution in [1.82, 2.24) is 10.6 Å². The summed E-state index contributed by atoms with van der Waals surface area (Å²) < 4.78 is 13.9. The molecule has 1 saturated carbocycles. The van der Waals surface area contributed by atoms with Crippen LogP contribution in [0, 0.1) is 5.82 Å². The van der Waals surface area contributed by atoms with Crippen LogP contribution >= 0.6 is 24.0 Å². The van der Waals surface area contributed by atoms with Crippen molar-refractivity contribution in [3.05, 3.63) is 71.5 Å². The van der Waals surface area contributed by atoms with Gasteiger partial charge in [-0.3, -0.25) is 4.99 Å². The smallest absolute Gasteiger partial charge is 0.191 e. The van der Waals surface area contributed by atoms with E-state index in [2.05, 4.69) is 15.6 Å². The van der Waals surface area contributed by atoms with E-state index >= 15 is 0 Å². The second kappa shape index (κ2) is 10.6. The fourth-order valence-corrected chi connectivity index (χ4v) is 3.16. The number of aliphatic hydroxyl groups is 1. The van der Waals surface area contributed by atoms with Gasteiger partial charge in [0.15, 0.2) is 5.96 Å². The Morgan fingerprint density at radius 1 is 1.19 bits per heavy atom. The van der Waals surface area contributed by atoms with Crippen LogP contribution < -0.4 is 10.6 Å². The van der Waals surface area contributed by atoms with Crippen molar-refractivity contribution in [1.29, 1.82) is 0 Å². The molecule has 3 atom stereocenters. The minimum atomic E-state index is -0.145. The van der Waals surface area contributed by atoms with Gasteiger partial charge in [-0.1, -0.05) is 48.5 Å². The largest absolute Gasteiger partial charge is 0.396 e. The van der Waals surface area contributed by atoms with Crippen LogP contribution in [0.4, 0.5) is 4.39 Å². The summed E-state index contributed by atoms with van der Waals surface area (Å²) in [6.07, 6.45) is 0.896. The zero-order valence-corrected chi connectivity index (χ0v) is 17.8. The van der Waals surface area contributed by atoms with Gasteiger partial charge in [0.05, 0.1) is 13.2 Å². The van der Waals surface area contributed by atoms with Crippen LogP contribution in [0.1, 0.15) is 36.3 Å². The maximum Gasteiger partial charge on any atom is 0.191 e. The SMILES string of the molecule is CCNC(=NCC(CO)c1ccccc1)NC1CC1c1ccccc1F.I. The van der Waals surface area contributed by atoms with Crippen molar-refractivity contribution in [3.8, 4) is 0 Å². The van der Waals surface area contributed by atoms with Crippen LogP contribution in [-0.2, 0) is 0 Å². The van der Waals surface area contributed by atoms with Crippen molar-refractivity contribution >= 4 is 29.9 Å². The highest BCUT2D eigenvalue weighted by atomic mass is 127. The second-order valence-electron chi connectivity index (χ2n) is 6.62. The molecule has 0 aliphatic heterocycles. The first-order valence-corrected chi connectivity index (χ1v) is 9.18. The van der Waals surface area contributed by atoms with Crippen molar-refractivity contribution in [2.24, 2.45) is 4.99 Å². The Kier molecular flexibility index (Phi) is 8.50. The van der Waals surface area contributed by atoms with Crippen LogP contribution in [0.2, 0.25) is 0 Å². The summed E-state index contributed by atoms with van der Waals surface area (Å²) >= 11 is 0. The van der Waals surface area contributed by atoms with E-state index in [1.807, 2.05) is 49.4 Å². The quantitative estimate of drug-likeness (QED) is 0.321. The monoisotopic (exact) mass is 483 g/mol. The standard InChI is InChI=1S/C21H26FN3O.HI/c1-2-23-21(24-13-16(14-26)15-8-4-3-5-9-15)25-20-12-18(20)17-10-6-7-11-19(17)22;/h3-11,16,18,20,26H,2,12-14H2,1H3,(H2,23,24,25);1H. The lowest BCUT2D eigenvalue weighted by Crippen LogP contribution is -2.39. The first-order chi connectivity index (χ1) is 12.7. The Hall–Kier alpha value is -1.67. The minimum Gasteiger partial charge on any atom is -0.396 e. The van der Waals surface area contributed by atoms with Crippen molar-refractivity contribution in [2.75, 3.05) is 19.7 Å². The first kappa shape index (κ1) is 21.6. The van der Waals surface area contributed by atoms with Gasteiger partial charge in [0.25, 0.3) is 0 Å². The third-order valence-corrected chi connectivity index (χ3v) is 4.72. The lowest BCUT2D eigenvalue weighted by Gasteiger charge is -2.15. The lowest BCUT2D eigenvalue weighted by atomic mass is 10.0. The van der Waals surface area contributed by atoms with E-state index in [0.29, 0.717) is 12.5 Å². The number of guanidine groups is 1. The van der Waals surface area contributed by atoms with Crippen LogP contribution in [0.3, 0.4) is 0 Å². The number of aliphatic imine (C=N–C) groups is 1. The highest BCUT2D eigenvalue weighted by Gasteiger charge is 2.40. The number of nitrogens with one attached hydrogen (secondary N) is 2. The van der Waals surface area contributed by atoms with Crippen molar-refractivity contribution in [2.45, 2.75) is 31.2 Å². The Balaban J connectivity index is 0.00000261. The predicted molar refractivity (Wildman–Crippen MR) is 118 cm³/mol. The van der Waals surface area contributed by atoms with E-state index in [4.69, 9.17) is 0 Å². The number of nitrogens with zero attached hydrogens (tertiary/aromatic N) is 1. The molecule has 0 spiro atoms. The molecule has 3 unspecified atom stereocenters. The molecule has 0 bridgehead atoms. The number of benzene rings is 2. The maximum atomic E-state index is 13.9. The van der Waals surface area contributed by atoms with Gasteiger partial charge in [0.2, 0.25) is 0 Å². The van der Waals surface area contributed by atoms with Gasteiger partial charge in [0, 0.05) is 24.4 Å². The molecule has 0 amide bonds. The number of hydrogen-bond donors (Lipinski definition) is 3. The van der Waals surface area contributed by atoms with Gasteiger partial charge in [-0.15, -0.1) is 24.0 Å². The second-order valence-corrected chi connectivity index (χ2v) is 6.62. The summed E-state index contributed by atoms with van der Waals surface area (Å²) in [5.41, 5.74) is 1.84. The first-order valence-electron chi connectivity index (χ1n) is 9.18. The van der Waals surface area contributed by atoms with Crippen LogP contribution in [-0.4, -0.2) is 36.8 Å². The number of aliphatic hydroxyl groups excluding tert-OH is 1. The predicted octanol–water partition coefficient (Wildman–Crippen LogP) is 3.63. The van der Waals surface area contributed by atoms with Gasteiger partial charge < -0.3 is 15.7 Å². The van der Waals surface area contributed by atoms with Gasteiger partial charge >= 0.3 is 0 Å². The van der Waals surface area contributed by atoms with E-state index in [-0.39, 0.29) is 54.3 Å². The Bertz CT molecular complexity index is 741. The highest BCUT2D eigenvalue weighted by Crippen LogP contribution is 2.41. The van der Waals surface area contributed by atoms with E-state index in [1.165, 1.54) is 6.07 Å². The molecule has 27 heavy (non-hydrogen) atoms. The molecule has 4 nitrogen and oxygen atoms in total. The van der Waals surface area contributed by atoms with E-state index in [0.717, 1.165) is 24.1 Å². The molecule has 0 aromatic heterocycles. The summed E-state index contributed by atoms with van der Waals surface area (Å²) in [6, 6.07) is 17.0. The lowest BCUT2D eigenvalue weighted by molar-refractivity contribution is 0.268. The fraction of sp³-hybridized carbons (Fsp3) is 0.381. The summed E-state index contributed by atoms with van der Waals surface area (Å²) in [6.45, 7) is 3.30. The molecule has 1 aliphatic carbocycles. The minimum absolute atomic E-state index is 0. The maximum absolute atomic E-state index is 13.9. The molecule has 3 N–H and O–H groups in total. The summed E-state index contributed by atoms with van der Waals surface area (Å²) in [5.74, 6) is 0.718. The Morgan fingerprint density at radius 2 is 1.89 bits per heavy atom. The Labute approximate surface area is 177 Å². The summed E-state index contributed by atoms with van der Waals surface area (Å²) in [5, 5.41) is 16.3. The number of halogens is 2. The summed E-state index contributed by atoms with van der Waals surface area (Å²) in [4.78, 5) is 4.63. The van der Waals surface area contributed by atoms with Crippen LogP contribution in [0.5, 0.6) is 0 Å². The zero-order chi connectivity index (χ0) is 18.4. The molecule has 6 heteroatoms. The molecule has 0 saturated heterocycles. The van der Waals surface area contributed by atoms with Crippen LogP contribution in [0.15, 0.2) is 59.6 Å². The molecule has 3 rings (SSSR count). The van der Waals surface area contributed by atoms with Crippen molar-refractivity contribution in [3.63, 3.8) is 0 Å². The van der Waals surface area contributed by atoms with Crippen molar-refractivity contribution < 1.29 is 9.50 Å². The average Bonchev–Trinajstić information content (AvgIpc) is 3.42. The zero-order valence-electron chi connectivity index (χ0n) is 15.4. The summed E-state index contributed by atoms with van der Waals surface area (Å²) in [7, 11) is 0. The topological polar surface area (TPSA) is 56.7 Å². The van der Waals surface area contributed by atoms with Gasteiger partial charge in [-0.25, -0.2) is 4.39 Å². The molecule has 1 fully saturated rings. The molecule has 0 radical (unpaired) electrons. The molecular weight excluding hydrogens is 456 g/mol. The number of rotatable bonds is 7. The highest BCUT2D eigenvalue weighted by molar-refractivity contribution is 14.0. The molecular formula is C21H27FIN3O. The molecule has 1 aliphatic rings. The molecule has 0 heterocycles. The average molecular weight is 483 g/mol. The molecule has 2 aromatic rings. The van der Waals surface area contributed by atoms with Gasteiger partial charge in [-0.05, 0) is 30.5 Å². The van der Waals surface area contributed by atoms with Gasteiger partial charge in [0.1, 0.15) is 5.82 Å². The van der Waals surface area contributed by atoms with E-state index in [9.17, 15) is 9.50 Å². The van der Waals surface area contributed by atoms with Gasteiger partial charge in [-0.2, -0.15) is 0 Å². The van der Waals surface area contributed by atoms with E-state index < -0.39 is 0 Å². The molecule has 2 aromatic carbocycles. The third-order valence-electron chi connectivity index (χ3n) is 4.72. The number of hydrogen-bond acceptors (Lipinski definition) is 2. The fourth-order valence-electron chi connectivity index (χ4n) is 3.16.